The molecule has 1 heterocycles. The minimum absolute atomic E-state index is 0.850. The van der Waals surface area contributed by atoms with Crippen molar-refractivity contribution in [2.24, 2.45) is 5.84 Å². The SMILES string of the molecule is Cc1cccc(C2=CSCN2N)c1. The molecule has 2 nitrogen and oxygen atoms in total. The van der Waals surface area contributed by atoms with Gasteiger partial charge < -0.3 is 0 Å². The van der Waals surface area contributed by atoms with E-state index in [1.165, 1.54) is 11.1 Å². The lowest BCUT2D eigenvalue weighted by atomic mass is 10.1. The summed E-state index contributed by atoms with van der Waals surface area (Å²) >= 11 is 1.73. The predicted molar refractivity (Wildman–Crippen MR) is 57.6 cm³/mol. The van der Waals surface area contributed by atoms with Crippen LogP contribution >= 0.6 is 11.8 Å². The fourth-order valence-corrected chi connectivity index (χ4v) is 2.18. The van der Waals surface area contributed by atoms with Gasteiger partial charge in [-0.1, -0.05) is 23.8 Å². The van der Waals surface area contributed by atoms with Crippen LogP contribution in [0.1, 0.15) is 11.1 Å². The van der Waals surface area contributed by atoms with Crippen LogP contribution in [0.3, 0.4) is 0 Å². The summed E-state index contributed by atoms with van der Waals surface area (Å²) in [5, 5.41) is 3.88. The number of hydrogen-bond acceptors (Lipinski definition) is 3. The Morgan fingerprint density at radius 2 is 2.31 bits per heavy atom. The van der Waals surface area contributed by atoms with Gasteiger partial charge in [0.2, 0.25) is 0 Å². The van der Waals surface area contributed by atoms with Crippen LogP contribution in [0.2, 0.25) is 0 Å². The van der Waals surface area contributed by atoms with Crippen LogP contribution in [0.5, 0.6) is 0 Å². The second-order valence-corrected chi connectivity index (χ2v) is 3.97. The smallest absolute Gasteiger partial charge is 0.0838 e. The van der Waals surface area contributed by atoms with Crippen molar-refractivity contribution < 1.29 is 0 Å². The predicted octanol–water partition coefficient (Wildman–Crippen LogP) is 2.17. The maximum atomic E-state index is 5.81. The maximum Gasteiger partial charge on any atom is 0.0838 e. The second-order valence-electron chi connectivity index (χ2n) is 3.14. The summed E-state index contributed by atoms with van der Waals surface area (Å²) in [7, 11) is 0. The van der Waals surface area contributed by atoms with Crippen molar-refractivity contribution in [3.63, 3.8) is 0 Å². The van der Waals surface area contributed by atoms with E-state index in [9.17, 15) is 0 Å². The molecule has 13 heavy (non-hydrogen) atoms. The van der Waals surface area contributed by atoms with E-state index >= 15 is 0 Å². The zero-order chi connectivity index (χ0) is 9.26. The summed E-state index contributed by atoms with van der Waals surface area (Å²) in [5.74, 6) is 6.66. The van der Waals surface area contributed by atoms with Gasteiger partial charge in [0.05, 0.1) is 11.6 Å². The van der Waals surface area contributed by atoms with Crippen LogP contribution < -0.4 is 5.84 Å². The molecule has 0 atom stereocenters. The zero-order valence-corrected chi connectivity index (χ0v) is 8.34. The summed E-state index contributed by atoms with van der Waals surface area (Å²) in [5.41, 5.74) is 3.59. The summed E-state index contributed by atoms with van der Waals surface area (Å²) in [6.07, 6.45) is 0. The standard InChI is InChI=1S/C10H12N2S/c1-8-3-2-4-9(5-8)10-6-13-7-12(10)11/h2-6H,7,11H2,1H3. The van der Waals surface area contributed by atoms with Crippen LogP contribution in [0.4, 0.5) is 0 Å². The van der Waals surface area contributed by atoms with Gasteiger partial charge in [0.15, 0.2) is 0 Å². The van der Waals surface area contributed by atoms with Gasteiger partial charge in [-0.3, -0.25) is 5.01 Å². The third-order valence-electron chi connectivity index (χ3n) is 2.03. The Morgan fingerprint density at radius 1 is 1.46 bits per heavy atom. The molecule has 1 aliphatic heterocycles. The molecule has 0 amide bonds. The van der Waals surface area contributed by atoms with Gasteiger partial charge in [0, 0.05) is 0 Å². The Kier molecular flexibility index (Phi) is 2.29. The molecule has 0 unspecified atom stereocenters. The summed E-state index contributed by atoms with van der Waals surface area (Å²) < 4.78 is 0. The lowest BCUT2D eigenvalue weighted by molar-refractivity contribution is 0.499. The molecule has 2 rings (SSSR count). The van der Waals surface area contributed by atoms with Crippen molar-refractivity contribution in [3.05, 3.63) is 40.8 Å². The largest absolute Gasteiger partial charge is 0.300 e. The Balaban J connectivity index is 2.35. The van der Waals surface area contributed by atoms with Crippen molar-refractivity contribution in [1.82, 2.24) is 5.01 Å². The first-order valence-electron chi connectivity index (χ1n) is 4.18. The monoisotopic (exact) mass is 192 g/mol. The molecule has 3 heteroatoms. The highest BCUT2D eigenvalue weighted by Crippen LogP contribution is 2.28. The molecule has 1 aromatic carbocycles. The first-order valence-corrected chi connectivity index (χ1v) is 5.23. The quantitative estimate of drug-likeness (QED) is 0.691. The van der Waals surface area contributed by atoms with E-state index in [-0.39, 0.29) is 0 Å². The van der Waals surface area contributed by atoms with Gasteiger partial charge in [-0.25, -0.2) is 5.84 Å². The van der Waals surface area contributed by atoms with Gasteiger partial charge in [-0.05, 0) is 24.0 Å². The molecule has 0 saturated carbocycles. The molecular weight excluding hydrogens is 180 g/mol. The molecule has 68 valence electrons. The van der Waals surface area contributed by atoms with E-state index in [4.69, 9.17) is 5.84 Å². The highest BCUT2D eigenvalue weighted by molar-refractivity contribution is 8.02. The Labute approximate surface area is 82.4 Å². The third kappa shape index (κ3) is 1.71. The number of hydrazine groups is 1. The maximum absolute atomic E-state index is 5.81. The molecule has 0 saturated heterocycles. The van der Waals surface area contributed by atoms with Crippen LogP contribution in [-0.2, 0) is 0 Å². The zero-order valence-electron chi connectivity index (χ0n) is 7.53. The molecule has 0 spiro atoms. The van der Waals surface area contributed by atoms with Gasteiger partial charge in [-0.2, -0.15) is 0 Å². The number of benzene rings is 1. The van der Waals surface area contributed by atoms with Crippen LogP contribution in [0, 0.1) is 6.92 Å². The lowest BCUT2D eigenvalue weighted by Crippen LogP contribution is -2.25. The number of rotatable bonds is 1. The minimum atomic E-state index is 0.850. The Bertz CT molecular complexity index is 347. The van der Waals surface area contributed by atoms with E-state index in [0.29, 0.717) is 0 Å². The fraction of sp³-hybridized carbons (Fsp3) is 0.200. The highest BCUT2D eigenvalue weighted by atomic mass is 32.2. The molecule has 0 aliphatic carbocycles. The summed E-state index contributed by atoms with van der Waals surface area (Å²) in [6.45, 7) is 2.09. The van der Waals surface area contributed by atoms with Crippen LogP contribution in [0.15, 0.2) is 29.7 Å². The fourth-order valence-electron chi connectivity index (χ4n) is 1.37. The van der Waals surface area contributed by atoms with Crippen molar-refractivity contribution in [2.45, 2.75) is 6.92 Å². The Morgan fingerprint density at radius 3 is 2.92 bits per heavy atom. The average molecular weight is 192 g/mol. The van der Waals surface area contributed by atoms with E-state index in [2.05, 4.69) is 36.6 Å². The first-order chi connectivity index (χ1) is 6.27. The minimum Gasteiger partial charge on any atom is -0.300 e. The molecule has 0 bridgehead atoms. The molecular formula is C10H12N2S. The summed E-state index contributed by atoms with van der Waals surface area (Å²) in [4.78, 5) is 0. The van der Waals surface area contributed by atoms with Gasteiger partial charge >= 0.3 is 0 Å². The van der Waals surface area contributed by atoms with Gasteiger partial charge in [-0.15, -0.1) is 11.8 Å². The average Bonchev–Trinajstić information content (AvgIpc) is 2.51. The second kappa shape index (κ2) is 3.44. The number of nitrogens with zero attached hydrogens (tertiary/aromatic N) is 1. The third-order valence-corrected chi connectivity index (χ3v) is 2.85. The van der Waals surface area contributed by atoms with Crippen LogP contribution in [0.25, 0.3) is 5.70 Å². The number of thioether (sulfide) groups is 1. The molecule has 0 fully saturated rings. The van der Waals surface area contributed by atoms with Gasteiger partial charge in [0.1, 0.15) is 0 Å². The normalized spacial score (nSPS) is 16.2. The van der Waals surface area contributed by atoms with E-state index in [1.807, 2.05) is 0 Å². The van der Waals surface area contributed by atoms with E-state index in [1.54, 1.807) is 16.8 Å². The van der Waals surface area contributed by atoms with Crippen molar-refractivity contribution in [1.29, 1.82) is 0 Å². The van der Waals surface area contributed by atoms with Crippen molar-refractivity contribution >= 4 is 17.5 Å². The summed E-state index contributed by atoms with van der Waals surface area (Å²) in [6, 6.07) is 8.39. The van der Waals surface area contributed by atoms with E-state index < -0.39 is 0 Å². The molecule has 1 aliphatic rings. The van der Waals surface area contributed by atoms with Crippen LogP contribution in [-0.4, -0.2) is 10.9 Å². The number of aryl methyl sites for hydroxylation is 1. The molecule has 1 aromatic rings. The van der Waals surface area contributed by atoms with Crippen molar-refractivity contribution in [2.75, 3.05) is 5.88 Å². The Hall–Kier alpha value is -0.930. The molecule has 0 radical (unpaired) electrons. The number of nitrogens with two attached hydrogens (primary N) is 1. The number of hydrogen-bond donors (Lipinski definition) is 1. The highest BCUT2D eigenvalue weighted by Gasteiger charge is 2.13. The van der Waals surface area contributed by atoms with Crippen molar-refractivity contribution in [3.8, 4) is 0 Å². The lowest BCUT2D eigenvalue weighted by Gasteiger charge is -2.14. The first kappa shape index (κ1) is 8.66. The van der Waals surface area contributed by atoms with E-state index in [0.717, 1.165) is 11.6 Å². The van der Waals surface area contributed by atoms with Gasteiger partial charge in [0.25, 0.3) is 0 Å². The topological polar surface area (TPSA) is 29.3 Å². The molecule has 2 N–H and O–H groups in total. The molecule has 0 aromatic heterocycles.